The first kappa shape index (κ1) is 18.8. The van der Waals surface area contributed by atoms with E-state index in [-0.39, 0.29) is 23.4 Å². The summed E-state index contributed by atoms with van der Waals surface area (Å²) in [7, 11) is 0. The van der Waals surface area contributed by atoms with Crippen LogP contribution >= 0.6 is 0 Å². The molecule has 1 fully saturated rings. The Hall–Kier alpha value is -2.93. The lowest BCUT2D eigenvalue weighted by atomic mass is 9.89. The van der Waals surface area contributed by atoms with Crippen molar-refractivity contribution in [3.63, 3.8) is 0 Å². The van der Waals surface area contributed by atoms with Crippen LogP contribution in [0.3, 0.4) is 0 Å². The molecular weight excluding hydrogens is 346 g/mol. The van der Waals surface area contributed by atoms with Crippen molar-refractivity contribution in [2.75, 3.05) is 18.4 Å². The molecule has 0 saturated carbocycles. The van der Waals surface area contributed by atoms with E-state index in [0.717, 1.165) is 25.9 Å². The minimum atomic E-state index is -0.479. The molecule has 1 amide bonds. The Labute approximate surface area is 157 Å². The summed E-state index contributed by atoms with van der Waals surface area (Å²) in [6, 6.07) is 13.0. The van der Waals surface area contributed by atoms with E-state index in [9.17, 15) is 20.0 Å². The number of nitrogens with one attached hydrogen (secondary N) is 1. The number of aromatic hydroxyl groups is 1. The van der Waals surface area contributed by atoms with E-state index in [0.29, 0.717) is 11.6 Å². The van der Waals surface area contributed by atoms with Gasteiger partial charge in [0.05, 0.1) is 11.0 Å². The fraction of sp³-hybridized carbons (Fsp3) is 0.350. The predicted octanol–water partition coefficient (Wildman–Crippen LogP) is 3.51. The minimum absolute atomic E-state index is 0.0461. The van der Waals surface area contributed by atoms with Gasteiger partial charge in [0, 0.05) is 17.8 Å². The van der Waals surface area contributed by atoms with Crippen LogP contribution < -0.4 is 5.32 Å². The number of piperidine rings is 1. The Balaban J connectivity index is 1.56. The number of nitrogens with zero attached hydrogens (tertiary/aromatic N) is 2. The van der Waals surface area contributed by atoms with Crippen molar-refractivity contribution in [1.29, 1.82) is 0 Å². The summed E-state index contributed by atoms with van der Waals surface area (Å²) in [5, 5.41) is 23.0. The van der Waals surface area contributed by atoms with E-state index >= 15 is 0 Å². The average Bonchev–Trinajstić information content (AvgIpc) is 2.68. The van der Waals surface area contributed by atoms with Crippen molar-refractivity contribution in [3.05, 3.63) is 64.2 Å². The number of nitro benzene ring substituents is 1. The summed E-state index contributed by atoms with van der Waals surface area (Å²) in [6.07, 6.45) is 1.89. The van der Waals surface area contributed by atoms with Crippen molar-refractivity contribution in [2.45, 2.75) is 31.7 Å². The number of carbonyl (C=O) groups excluding carboxylic acids is 1. The normalized spacial score (nSPS) is 16.6. The van der Waals surface area contributed by atoms with E-state index in [1.807, 2.05) is 19.1 Å². The highest BCUT2D eigenvalue weighted by atomic mass is 16.6. The SMILES string of the molecule is CC(C(=O)Nc1cccc([N+](=O)[O-])c1)N1CCC(c2ccc(O)cc2)CC1. The second-order valence-corrected chi connectivity index (χ2v) is 6.87. The molecule has 7 nitrogen and oxygen atoms in total. The first-order chi connectivity index (χ1) is 12.9. The van der Waals surface area contributed by atoms with E-state index in [1.165, 1.54) is 17.7 Å². The number of rotatable bonds is 5. The van der Waals surface area contributed by atoms with Gasteiger partial charge in [-0.05, 0) is 62.5 Å². The Kier molecular flexibility index (Phi) is 5.71. The monoisotopic (exact) mass is 369 g/mol. The molecule has 2 aromatic rings. The Morgan fingerprint density at radius 3 is 2.52 bits per heavy atom. The van der Waals surface area contributed by atoms with E-state index in [2.05, 4.69) is 10.2 Å². The summed E-state index contributed by atoms with van der Waals surface area (Å²) in [4.78, 5) is 25.0. The molecule has 0 spiro atoms. The smallest absolute Gasteiger partial charge is 0.271 e. The topological polar surface area (TPSA) is 95.7 Å². The van der Waals surface area contributed by atoms with E-state index in [4.69, 9.17) is 0 Å². The predicted molar refractivity (Wildman–Crippen MR) is 103 cm³/mol. The average molecular weight is 369 g/mol. The minimum Gasteiger partial charge on any atom is -0.508 e. The number of nitro groups is 1. The van der Waals surface area contributed by atoms with Gasteiger partial charge < -0.3 is 10.4 Å². The number of anilines is 1. The molecule has 1 aliphatic rings. The summed E-state index contributed by atoms with van der Waals surface area (Å²) in [5.41, 5.74) is 1.59. The molecule has 1 aliphatic heterocycles. The second kappa shape index (κ2) is 8.18. The zero-order chi connectivity index (χ0) is 19.4. The lowest BCUT2D eigenvalue weighted by Gasteiger charge is -2.35. The Morgan fingerprint density at radius 1 is 1.22 bits per heavy atom. The van der Waals surface area contributed by atoms with Gasteiger partial charge in [0.2, 0.25) is 5.91 Å². The highest BCUT2D eigenvalue weighted by molar-refractivity contribution is 5.94. The summed E-state index contributed by atoms with van der Waals surface area (Å²) >= 11 is 0. The van der Waals surface area contributed by atoms with E-state index in [1.54, 1.807) is 24.3 Å². The van der Waals surface area contributed by atoms with Gasteiger partial charge in [0.15, 0.2) is 0 Å². The zero-order valence-electron chi connectivity index (χ0n) is 15.2. The fourth-order valence-electron chi connectivity index (χ4n) is 3.48. The zero-order valence-corrected chi connectivity index (χ0v) is 15.2. The molecule has 1 heterocycles. The number of likely N-dealkylation sites (tertiary alicyclic amines) is 1. The van der Waals surface area contributed by atoms with Crippen LogP contribution in [0.15, 0.2) is 48.5 Å². The van der Waals surface area contributed by atoms with Crippen LogP contribution in [0, 0.1) is 10.1 Å². The molecule has 27 heavy (non-hydrogen) atoms. The van der Waals surface area contributed by atoms with Gasteiger partial charge in [-0.15, -0.1) is 0 Å². The van der Waals surface area contributed by atoms with E-state index < -0.39 is 4.92 Å². The molecule has 1 unspecified atom stereocenters. The van der Waals surface area contributed by atoms with Gasteiger partial charge >= 0.3 is 0 Å². The summed E-state index contributed by atoms with van der Waals surface area (Å²) in [6.45, 7) is 3.46. The maximum absolute atomic E-state index is 12.5. The number of hydrogen-bond acceptors (Lipinski definition) is 5. The number of benzene rings is 2. The molecule has 0 bridgehead atoms. The van der Waals surface area contributed by atoms with Gasteiger partial charge in [-0.1, -0.05) is 18.2 Å². The first-order valence-corrected chi connectivity index (χ1v) is 9.02. The third-order valence-electron chi connectivity index (χ3n) is 5.15. The largest absolute Gasteiger partial charge is 0.508 e. The maximum atomic E-state index is 12.5. The van der Waals surface area contributed by atoms with Crippen LogP contribution in [0.5, 0.6) is 5.75 Å². The second-order valence-electron chi connectivity index (χ2n) is 6.87. The lowest BCUT2D eigenvalue weighted by molar-refractivity contribution is -0.384. The van der Waals surface area contributed by atoms with Crippen molar-refractivity contribution >= 4 is 17.3 Å². The summed E-state index contributed by atoms with van der Waals surface area (Å²) < 4.78 is 0. The van der Waals surface area contributed by atoms with Crippen LogP contribution in [-0.4, -0.2) is 40.0 Å². The number of carbonyl (C=O) groups is 1. The van der Waals surface area contributed by atoms with Gasteiger partial charge in [0.1, 0.15) is 5.75 Å². The maximum Gasteiger partial charge on any atom is 0.271 e. The van der Waals surface area contributed by atoms with Crippen LogP contribution in [0.4, 0.5) is 11.4 Å². The van der Waals surface area contributed by atoms with Crippen molar-refractivity contribution in [3.8, 4) is 5.75 Å². The van der Waals surface area contributed by atoms with Crippen molar-refractivity contribution in [1.82, 2.24) is 4.90 Å². The van der Waals surface area contributed by atoms with Crippen LogP contribution in [-0.2, 0) is 4.79 Å². The van der Waals surface area contributed by atoms with Gasteiger partial charge in [-0.25, -0.2) is 0 Å². The third kappa shape index (κ3) is 4.62. The van der Waals surface area contributed by atoms with Crippen LogP contribution in [0.1, 0.15) is 31.2 Å². The number of amides is 1. The third-order valence-corrected chi connectivity index (χ3v) is 5.15. The van der Waals surface area contributed by atoms with Crippen molar-refractivity contribution < 1.29 is 14.8 Å². The number of hydrogen-bond donors (Lipinski definition) is 2. The van der Waals surface area contributed by atoms with Gasteiger partial charge in [-0.3, -0.25) is 19.8 Å². The standard InChI is InChI=1S/C20H23N3O4/c1-14(20(25)21-17-3-2-4-18(13-17)23(26)27)22-11-9-16(10-12-22)15-5-7-19(24)8-6-15/h2-8,13-14,16,24H,9-12H2,1H3,(H,21,25). The molecule has 7 heteroatoms. The quantitative estimate of drug-likeness (QED) is 0.621. The highest BCUT2D eigenvalue weighted by Gasteiger charge is 2.27. The van der Waals surface area contributed by atoms with Crippen LogP contribution in [0.2, 0.25) is 0 Å². The molecule has 0 aromatic heterocycles. The molecule has 2 aromatic carbocycles. The van der Waals surface area contributed by atoms with Gasteiger partial charge in [0.25, 0.3) is 5.69 Å². The lowest BCUT2D eigenvalue weighted by Crippen LogP contribution is -2.45. The number of phenolic OH excluding ortho intramolecular Hbond substituents is 1. The van der Waals surface area contributed by atoms with Crippen molar-refractivity contribution in [2.24, 2.45) is 0 Å². The van der Waals surface area contributed by atoms with Gasteiger partial charge in [-0.2, -0.15) is 0 Å². The molecule has 1 atom stereocenters. The molecular formula is C20H23N3O4. The Morgan fingerprint density at radius 2 is 1.89 bits per heavy atom. The molecule has 2 N–H and O–H groups in total. The fourth-order valence-corrected chi connectivity index (χ4v) is 3.48. The molecule has 3 rings (SSSR count). The number of non-ortho nitro benzene ring substituents is 1. The summed E-state index contributed by atoms with van der Waals surface area (Å²) in [5.74, 6) is 0.523. The number of phenols is 1. The molecule has 0 radical (unpaired) electrons. The molecule has 142 valence electrons. The Bertz CT molecular complexity index is 814. The van der Waals surface area contributed by atoms with Crippen LogP contribution in [0.25, 0.3) is 0 Å². The highest BCUT2D eigenvalue weighted by Crippen LogP contribution is 2.30. The molecule has 0 aliphatic carbocycles. The molecule has 1 saturated heterocycles. The first-order valence-electron chi connectivity index (χ1n) is 9.02.